The van der Waals surface area contributed by atoms with Gasteiger partial charge in [-0.15, -0.1) is 0 Å². The quantitative estimate of drug-likeness (QED) is 0.616. The first kappa shape index (κ1) is 6.70. The molecule has 0 fully saturated rings. The highest BCUT2D eigenvalue weighted by Gasteiger charge is 2.21. The van der Waals surface area contributed by atoms with Gasteiger partial charge in [-0.1, -0.05) is 13.8 Å². The van der Waals surface area contributed by atoms with Crippen LogP contribution in [0.2, 0.25) is 0 Å². The lowest BCUT2D eigenvalue weighted by Gasteiger charge is -1.96. The summed E-state index contributed by atoms with van der Waals surface area (Å²) < 4.78 is 10.6. The molecule has 1 aromatic heterocycles. The van der Waals surface area contributed by atoms with Crippen LogP contribution in [0.5, 0.6) is 5.95 Å². The zero-order chi connectivity index (χ0) is 7.84. The van der Waals surface area contributed by atoms with Crippen molar-refractivity contribution in [3.8, 4) is 5.95 Å². The van der Waals surface area contributed by atoms with E-state index < -0.39 is 0 Å². The summed E-state index contributed by atoms with van der Waals surface area (Å²) >= 11 is 0. The Balaban J connectivity index is 2.34. The maximum absolute atomic E-state index is 5.35. The summed E-state index contributed by atoms with van der Waals surface area (Å²) in [6, 6.07) is 0. The monoisotopic (exact) mass is 153 g/mol. The fraction of sp³-hybridized carbons (Fsp3) is 0.625. The molecule has 0 saturated heterocycles. The van der Waals surface area contributed by atoms with E-state index in [1.807, 2.05) is 0 Å². The van der Waals surface area contributed by atoms with Crippen LogP contribution in [-0.4, -0.2) is 11.6 Å². The van der Waals surface area contributed by atoms with Crippen LogP contribution < -0.4 is 4.74 Å². The first-order valence-corrected chi connectivity index (χ1v) is 3.90. The molecule has 0 saturated carbocycles. The van der Waals surface area contributed by atoms with Crippen LogP contribution in [0.1, 0.15) is 31.4 Å². The predicted octanol–water partition coefficient (Wildman–Crippen LogP) is 1.73. The van der Waals surface area contributed by atoms with Crippen LogP contribution in [0, 0.1) is 0 Å². The van der Waals surface area contributed by atoms with Crippen molar-refractivity contribution in [3.63, 3.8) is 0 Å². The van der Waals surface area contributed by atoms with Crippen LogP contribution >= 0.6 is 0 Å². The molecule has 0 atom stereocenters. The number of hydrogen-bond donors (Lipinski definition) is 0. The van der Waals surface area contributed by atoms with Crippen molar-refractivity contribution < 1.29 is 9.15 Å². The third kappa shape index (κ3) is 1.00. The Bertz CT molecular complexity index is 244. The van der Waals surface area contributed by atoms with Crippen molar-refractivity contribution in [1.29, 1.82) is 0 Å². The molecular formula is C8H11NO2. The van der Waals surface area contributed by atoms with E-state index in [4.69, 9.17) is 9.15 Å². The largest absolute Gasteiger partial charge is 0.463 e. The Kier molecular flexibility index (Phi) is 1.37. The van der Waals surface area contributed by atoms with Gasteiger partial charge in [0.15, 0.2) is 0 Å². The minimum absolute atomic E-state index is 0.351. The molecule has 0 amide bonds. The number of nitrogens with zero attached hydrogens (tertiary/aromatic N) is 1. The molecule has 0 bridgehead atoms. The van der Waals surface area contributed by atoms with Gasteiger partial charge in [0.05, 0.1) is 6.61 Å². The number of rotatable bonds is 1. The number of ether oxygens (including phenoxy) is 1. The third-order valence-corrected chi connectivity index (χ3v) is 1.74. The molecule has 0 spiro atoms. The number of oxazole rings is 1. The van der Waals surface area contributed by atoms with Gasteiger partial charge in [0.1, 0.15) is 5.69 Å². The summed E-state index contributed by atoms with van der Waals surface area (Å²) in [7, 11) is 0. The summed E-state index contributed by atoms with van der Waals surface area (Å²) in [4.78, 5) is 4.30. The Morgan fingerprint density at radius 3 is 2.91 bits per heavy atom. The van der Waals surface area contributed by atoms with Gasteiger partial charge in [-0.2, -0.15) is 0 Å². The molecule has 11 heavy (non-hydrogen) atoms. The maximum Gasteiger partial charge on any atom is 0.308 e. The second kappa shape index (κ2) is 2.26. The molecule has 3 heteroatoms. The molecule has 3 nitrogen and oxygen atoms in total. The van der Waals surface area contributed by atoms with Gasteiger partial charge < -0.3 is 9.15 Å². The van der Waals surface area contributed by atoms with Crippen LogP contribution in [0.15, 0.2) is 4.42 Å². The van der Waals surface area contributed by atoms with E-state index in [0.717, 1.165) is 24.6 Å². The van der Waals surface area contributed by atoms with Gasteiger partial charge in [0, 0.05) is 12.3 Å². The van der Waals surface area contributed by atoms with Crippen molar-refractivity contribution in [2.75, 3.05) is 6.61 Å². The van der Waals surface area contributed by atoms with E-state index in [1.54, 1.807) is 0 Å². The van der Waals surface area contributed by atoms with E-state index in [2.05, 4.69) is 18.8 Å². The predicted molar refractivity (Wildman–Crippen MR) is 39.8 cm³/mol. The van der Waals surface area contributed by atoms with Gasteiger partial charge in [-0.25, -0.2) is 4.98 Å². The van der Waals surface area contributed by atoms with Crippen LogP contribution in [0.25, 0.3) is 0 Å². The average Bonchev–Trinajstić information content (AvgIpc) is 2.40. The van der Waals surface area contributed by atoms with Crippen LogP contribution in [0.3, 0.4) is 0 Å². The SMILES string of the molecule is CC(C)c1nc2c(o1)OCC2. The van der Waals surface area contributed by atoms with Crippen molar-refractivity contribution in [1.82, 2.24) is 4.98 Å². The molecule has 0 N–H and O–H groups in total. The minimum atomic E-state index is 0.351. The van der Waals surface area contributed by atoms with Gasteiger partial charge in [-0.3, -0.25) is 0 Å². The second-order valence-corrected chi connectivity index (χ2v) is 3.04. The lowest BCUT2D eigenvalue weighted by Crippen LogP contribution is -1.92. The summed E-state index contributed by atoms with van der Waals surface area (Å²) in [6.07, 6.45) is 0.894. The van der Waals surface area contributed by atoms with Crippen molar-refractivity contribution in [2.45, 2.75) is 26.2 Å². The van der Waals surface area contributed by atoms with E-state index in [-0.39, 0.29) is 0 Å². The molecule has 2 rings (SSSR count). The van der Waals surface area contributed by atoms with E-state index in [9.17, 15) is 0 Å². The normalized spacial score (nSPS) is 15.2. The standard InChI is InChI=1S/C8H11NO2/c1-5(2)7-9-6-3-4-10-8(6)11-7/h5H,3-4H2,1-2H3. The number of fused-ring (bicyclic) bond motifs is 1. The van der Waals surface area contributed by atoms with Crippen molar-refractivity contribution in [3.05, 3.63) is 11.6 Å². The summed E-state index contributed by atoms with van der Waals surface area (Å²) in [6.45, 7) is 4.83. The molecule has 1 aliphatic rings. The zero-order valence-corrected chi connectivity index (χ0v) is 6.76. The molecule has 0 radical (unpaired) electrons. The van der Waals surface area contributed by atoms with Gasteiger partial charge in [0.2, 0.25) is 5.89 Å². The highest BCUT2D eigenvalue weighted by atomic mass is 16.6. The molecule has 60 valence electrons. The van der Waals surface area contributed by atoms with Crippen LogP contribution in [0.4, 0.5) is 0 Å². The fourth-order valence-electron chi connectivity index (χ4n) is 1.11. The average molecular weight is 153 g/mol. The summed E-state index contributed by atoms with van der Waals surface area (Å²) in [5.41, 5.74) is 0.980. The summed E-state index contributed by atoms with van der Waals surface area (Å²) in [5, 5.41) is 0. The topological polar surface area (TPSA) is 35.3 Å². The van der Waals surface area contributed by atoms with Crippen molar-refractivity contribution >= 4 is 0 Å². The number of hydrogen-bond acceptors (Lipinski definition) is 3. The molecule has 0 aromatic carbocycles. The zero-order valence-electron chi connectivity index (χ0n) is 6.76. The van der Waals surface area contributed by atoms with E-state index in [1.165, 1.54) is 0 Å². The molecule has 1 aromatic rings. The highest BCUT2D eigenvalue weighted by Crippen LogP contribution is 2.28. The van der Waals surface area contributed by atoms with Gasteiger partial charge in [0.25, 0.3) is 0 Å². The third-order valence-electron chi connectivity index (χ3n) is 1.74. The van der Waals surface area contributed by atoms with E-state index in [0.29, 0.717) is 11.9 Å². The molecule has 0 unspecified atom stereocenters. The summed E-state index contributed by atoms with van der Waals surface area (Å²) in [5.74, 6) is 1.77. The first-order chi connectivity index (χ1) is 5.27. The molecular weight excluding hydrogens is 142 g/mol. The lowest BCUT2D eigenvalue weighted by molar-refractivity contribution is 0.260. The highest BCUT2D eigenvalue weighted by molar-refractivity contribution is 5.20. The Labute approximate surface area is 65.4 Å². The maximum atomic E-state index is 5.35. The molecule has 2 heterocycles. The fourth-order valence-corrected chi connectivity index (χ4v) is 1.11. The minimum Gasteiger partial charge on any atom is -0.463 e. The van der Waals surface area contributed by atoms with Gasteiger partial charge in [-0.05, 0) is 0 Å². The molecule has 0 aliphatic carbocycles. The first-order valence-electron chi connectivity index (χ1n) is 3.90. The van der Waals surface area contributed by atoms with Crippen LogP contribution in [-0.2, 0) is 6.42 Å². The second-order valence-electron chi connectivity index (χ2n) is 3.04. The Morgan fingerprint density at radius 2 is 2.27 bits per heavy atom. The number of aromatic nitrogens is 1. The Hall–Kier alpha value is -0.990. The smallest absolute Gasteiger partial charge is 0.308 e. The lowest BCUT2D eigenvalue weighted by atomic mass is 10.2. The Morgan fingerprint density at radius 1 is 1.45 bits per heavy atom. The van der Waals surface area contributed by atoms with Gasteiger partial charge >= 0.3 is 5.95 Å². The van der Waals surface area contributed by atoms with E-state index >= 15 is 0 Å². The van der Waals surface area contributed by atoms with Crippen molar-refractivity contribution in [2.24, 2.45) is 0 Å². The molecule has 1 aliphatic heterocycles.